The third kappa shape index (κ3) is 5.77. The van der Waals surface area contributed by atoms with Crippen molar-refractivity contribution in [2.75, 3.05) is 7.11 Å². The summed E-state index contributed by atoms with van der Waals surface area (Å²) in [7, 11) is -2.68. The molecule has 0 unspecified atom stereocenters. The SMILES string of the molecule is COc1cc(C=CC(=O)Oc2ccc3ccc(=O)oc3c2)ccc1OS(=O)(=O)c1ccc(C)cc1. The summed E-state index contributed by atoms with van der Waals surface area (Å²) < 4.78 is 46.0. The molecule has 35 heavy (non-hydrogen) atoms. The van der Waals surface area contributed by atoms with Gasteiger partial charge >= 0.3 is 21.7 Å². The number of hydrogen-bond acceptors (Lipinski definition) is 8. The van der Waals surface area contributed by atoms with Crippen molar-refractivity contribution in [2.45, 2.75) is 11.8 Å². The Morgan fingerprint density at radius 3 is 2.40 bits per heavy atom. The molecular weight excluding hydrogens is 472 g/mol. The summed E-state index contributed by atoms with van der Waals surface area (Å²) in [6.07, 6.45) is 2.67. The van der Waals surface area contributed by atoms with Gasteiger partial charge in [-0.2, -0.15) is 8.42 Å². The fourth-order valence-corrected chi connectivity index (χ4v) is 4.09. The van der Waals surface area contributed by atoms with E-state index in [1.807, 2.05) is 6.92 Å². The third-order valence-electron chi connectivity index (χ3n) is 4.92. The summed E-state index contributed by atoms with van der Waals surface area (Å²) in [5, 5.41) is 0.693. The van der Waals surface area contributed by atoms with Crippen LogP contribution in [0, 0.1) is 6.92 Å². The number of carbonyl (C=O) groups excluding carboxylic acids is 1. The van der Waals surface area contributed by atoms with Gasteiger partial charge in [0.15, 0.2) is 11.5 Å². The van der Waals surface area contributed by atoms with E-state index in [1.54, 1.807) is 36.4 Å². The summed E-state index contributed by atoms with van der Waals surface area (Å²) >= 11 is 0. The van der Waals surface area contributed by atoms with Crippen LogP contribution >= 0.6 is 0 Å². The molecule has 0 saturated carbocycles. The van der Waals surface area contributed by atoms with Crippen LogP contribution in [0.25, 0.3) is 17.0 Å². The Balaban J connectivity index is 1.47. The van der Waals surface area contributed by atoms with Crippen molar-refractivity contribution in [1.29, 1.82) is 0 Å². The Morgan fingerprint density at radius 2 is 1.66 bits per heavy atom. The highest BCUT2D eigenvalue weighted by Crippen LogP contribution is 2.31. The fourth-order valence-electron chi connectivity index (χ4n) is 3.15. The molecule has 1 heterocycles. The van der Waals surface area contributed by atoms with Crippen molar-refractivity contribution in [3.05, 3.63) is 100 Å². The largest absolute Gasteiger partial charge is 0.493 e. The van der Waals surface area contributed by atoms with Gasteiger partial charge in [-0.3, -0.25) is 0 Å². The summed E-state index contributed by atoms with van der Waals surface area (Å²) in [5.41, 5.74) is 1.26. The lowest BCUT2D eigenvalue weighted by atomic mass is 10.2. The van der Waals surface area contributed by atoms with E-state index in [2.05, 4.69) is 0 Å². The van der Waals surface area contributed by atoms with Gasteiger partial charge < -0.3 is 18.1 Å². The average molecular weight is 493 g/mol. The van der Waals surface area contributed by atoms with Gasteiger partial charge in [-0.05, 0) is 61.0 Å². The van der Waals surface area contributed by atoms with Gasteiger partial charge in [0.1, 0.15) is 16.2 Å². The van der Waals surface area contributed by atoms with Gasteiger partial charge in [-0.25, -0.2) is 9.59 Å². The quantitative estimate of drug-likeness (QED) is 0.122. The lowest BCUT2D eigenvalue weighted by Gasteiger charge is -2.11. The van der Waals surface area contributed by atoms with Crippen LogP contribution in [0.15, 0.2) is 93.0 Å². The normalized spacial score (nSPS) is 11.5. The molecule has 0 bridgehead atoms. The van der Waals surface area contributed by atoms with E-state index in [0.717, 1.165) is 5.56 Å². The highest BCUT2D eigenvalue weighted by Gasteiger charge is 2.19. The van der Waals surface area contributed by atoms with Crippen LogP contribution in [0.3, 0.4) is 0 Å². The Morgan fingerprint density at radius 1 is 0.914 bits per heavy atom. The van der Waals surface area contributed by atoms with E-state index in [4.69, 9.17) is 18.1 Å². The standard InChI is InChI=1S/C26H20O8S/c1-17-3-10-21(11-4-17)35(29,30)34-22-12-5-18(15-24(22)31-2)6-13-25(27)32-20-9-7-19-8-14-26(28)33-23(19)16-20/h3-16H,1-2H3. The Kier molecular flexibility index (Phi) is 6.70. The van der Waals surface area contributed by atoms with Crippen LogP contribution in [0.5, 0.6) is 17.2 Å². The zero-order chi connectivity index (χ0) is 25.0. The molecule has 0 fully saturated rings. The molecule has 0 amide bonds. The first kappa shape index (κ1) is 23.8. The minimum Gasteiger partial charge on any atom is -0.493 e. The van der Waals surface area contributed by atoms with Crippen molar-refractivity contribution < 1.29 is 31.3 Å². The number of aryl methyl sites for hydroxylation is 1. The second-order valence-electron chi connectivity index (χ2n) is 7.47. The third-order valence-corrected chi connectivity index (χ3v) is 6.17. The Bertz CT molecular complexity index is 1580. The van der Waals surface area contributed by atoms with E-state index < -0.39 is 21.7 Å². The summed E-state index contributed by atoms with van der Waals surface area (Å²) in [6.45, 7) is 1.85. The molecule has 8 nitrogen and oxygen atoms in total. The molecule has 0 aliphatic carbocycles. The number of benzene rings is 3. The van der Waals surface area contributed by atoms with Crippen LogP contribution in [0.1, 0.15) is 11.1 Å². The minimum atomic E-state index is -4.05. The molecule has 4 rings (SSSR count). The van der Waals surface area contributed by atoms with Crippen molar-refractivity contribution >= 4 is 33.1 Å². The van der Waals surface area contributed by atoms with Gasteiger partial charge in [0.25, 0.3) is 0 Å². The lowest BCUT2D eigenvalue weighted by molar-refractivity contribution is -0.128. The van der Waals surface area contributed by atoms with E-state index in [0.29, 0.717) is 16.5 Å². The Labute approximate surface area is 201 Å². The monoisotopic (exact) mass is 492 g/mol. The number of esters is 1. The number of rotatable bonds is 7. The van der Waals surface area contributed by atoms with Gasteiger partial charge in [0.2, 0.25) is 0 Å². The van der Waals surface area contributed by atoms with Gasteiger partial charge in [-0.15, -0.1) is 0 Å². The van der Waals surface area contributed by atoms with E-state index in [-0.39, 0.29) is 22.1 Å². The maximum absolute atomic E-state index is 12.6. The van der Waals surface area contributed by atoms with Crippen LogP contribution in [0.4, 0.5) is 0 Å². The summed E-state index contributed by atoms with van der Waals surface area (Å²) in [4.78, 5) is 23.6. The van der Waals surface area contributed by atoms with Gasteiger partial charge in [0, 0.05) is 23.6 Å². The average Bonchev–Trinajstić information content (AvgIpc) is 2.83. The van der Waals surface area contributed by atoms with E-state index in [1.165, 1.54) is 55.7 Å². The summed E-state index contributed by atoms with van der Waals surface area (Å²) in [6, 6.07) is 18.4. The smallest absolute Gasteiger partial charge is 0.339 e. The number of fused-ring (bicyclic) bond motifs is 1. The number of carbonyl (C=O) groups is 1. The first-order chi connectivity index (χ1) is 16.7. The van der Waals surface area contributed by atoms with Crippen molar-refractivity contribution in [3.8, 4) is 17.2 Å². The topological polar surface area (TPSA) is 109 Å². The minimum absolute atomic E-state index is 0.00505. The van der Waals surface area contributed by atoms with Crippen LogP contribution < -0.4 is 19.3 Å². The molecule has 9 heteroatoms. The van der Waals surface area contributed by atoms with Crippen molar-refractivity contribution in [3.63, 3.8) is 0 Å². The molecule has 0 N–H and O–H groups in total. The predicted octanol–water partition coefficient (Wildman–Crippen LogP) is 4.50. The highest BCUT2D eigenvalue weighted by molar-refractivity contribution is 7.87. The molecule has 1 aromatic heterocycles. The molecule has 178 valence electrons. The predicted molar refractivity (Wildman–Crippen MR) is 129 cm³/mol. The summed E-state index contributed by atoms with van der Waals surface area (Å²) in [5.74, 6) is -0.278. The number of methoxy groups -OCH3 is 1. The fraction of sp³-hybridized carbons (Fsp3) is 0.0769. The zero-order valence-corrected chi connectivity index (χ0v) is 19.6. The van der Waals surface area contributed by atoms with Crippen LogP contribution in [-0.2, 0) is 14.9 Å². The van der Waals surface area contributed by atoms with Crippen LogP contribution in [0.2, 0.25) is 0 Å². The molecule has 4 aromatic rings. The first-order valence-corrected chi connectivity index (χ1v) is 11.8. The zero-order valence-electron chi connectivity index (χ0n) is 18.8. The van der Waals surface area contributed by atoms with Gasteiger partial charge in [0.05, 0.1) is 7.11 Å². The molecule has 0 saturated heterocycles. The molecule has 0 radical (unpaired) electrons. The molecule has 3 aromatic carbocycles. The molecule has 0 spiro atoms. The second kappa shape index (κ2) is 9.86. The molecule has 0 aliphatic heterocycles. The van der Waals surface area contributed by atoms with Crippen LogP contribution in [-0.4, -0.2) is 21.5 Å². The van der Waals surface area contributed by atoms with E-state index in [9.17, 15) is 18.0 Å². The molecule has 0 aliphatic rings. The first-order valence-electron chi connectivity index (χ1n) is 10.4. The highest BCUT2D eigenvalue weighted by atomic mass is 32.2. The number of ether oxygens (including phenoxy) is 2. The Hall–Kier alpha value is -4.37. The van der Waals surface area contributed by atoms with Gasteiger partial charge in [-0.1, -0.05) is 23.8 Å². The maximum Gasteiger partial charge on any atom is 0.339 e. The molecular formula is C26H20O8S. The number of hydrogen-bond donors (Lipinski definition) is 0. The maximum atomic E-state index is 12.6. The van der Waals surface area contributed by atoms with Crippen molar-refractivity contribution in [1.82, 2.24) is 0 Å². The molecule has 0 atom stereocenters. The van der Waals surface area contributed by atoms with E-state index >= 15 is 0 Å². The van der Waals surface area contributed by atoms with Crippen molar-refractivity contribution in [2.24, 2.45) is 0 Å². The second-order valence-corrected chi connectivity index (χ2v) is 9.02. The lowest BCUT2D eigenvalue weighted by Crippen LogP contribution is -2.10.